The second kappa shape index (κ2) is 19.7. The van der Waals surface area contributed by atoms with Crippen LogP contribution in [0.25, 0.3) is 54.6 Å². The first-order valence-corrected chi connectivity index (χ1v) is 25.9. The maximum absolute atomic E-state index is 6.00. The molecule has 0 N–H and O–H groups in total. The standard InChI is InChI=1S/C73H60O4/c1-12-56(29-22-49(11)36-60(13-2)74-45(3)4)72(57-30-23-53-40-61(75-46(5)6)33-26-50(53)37-57)68-20-16-14-18-64(68)66-44-71-67(43-70(66)72)65-19-15-17-21-69(65)73(71,58-31-24-54-41-62(76-47(7)8)34-27-51(54)38-58)59-32-25-55-42-63(77-48(9)10)35-28-52(55)39-59/h12-44H,1-3,5,7,9H2,4,6,8,10-11H3/b49-22+,56-29+,60-36+. The van der Waals surface area contributed by atoms with Crippen molar-refractivity contribution in [1.82, 2.24) is 0 Å². The molecule has 9 aromatic carbocycles. The third-order valence-corrected chi connectivity index (χ3v) is 14.9. The molecule has 4 nitrogen and oxygen atoms in total. The minimum atomic E-state index is -0.820. The molecule has 0 bridgehead atoms. The van der Waals surface area contributed by atoms with Crippen LogP contribution in [0.15, 0.2) is 280 Å². The first-order valence-electron chi connectivity index (χ1n) is 25.9. The molecule has 1 atom stereocenters. The molecule has 1 unspecified atom stereocenters. The van der Waals surface area contributed by atoms with Gasteiger partial charge in [-0.05, 0) is 218 Å². The molecule has 0 saturated heterocycles. The number of benzene rings is 9. The highest BCUT2D eigenvalue weighted by Crippen LogP contribution is 2.63. The summed E-state index contributed by atoms with van der Waals surface area (Å²) in [4.78, 5) is 0. The van der Waals surface area contributed by atoms with E-state index in [0.717, 1.165) is 88.5 Å². The van der Waals surface area contributed by atoms with Crippen molar-refractivity contribution in [3.8, 4) is 39.5 Å². The summed E-state index contributed by atoms with van der Waals surface area (Å²) in [7, 11) is 0. The fourth-order valence-corrected chi connectivity index (χ4v) is 12.0. The minimum Gasteiger partial charge on any atom is -0.463 e. The molecule has 2 aliphatic carbocycles. The van der Waals surface area contributed by atoms with Crippen molar-refractivity contribution in [2.45, 2.75) is 45.4 Å². The Kier molecular flexibility index (Phi) is 12.8. The molecule has 9 aromatic rings. The molecule has 2 aliphatic rings. The number of hydrogen-bond acceptors (Lipinski definition) is 4. The van der Waals surface area contributed by atoms with Gasteiger partial charge in [-0.3, -0.25) is 0 Å². The van der Waals surface area contributed by atoms with Gasteiger partial charge in [-0.25, -0.2) is 0 Å². The maximum Gasteiger partial charge on any atom is 0.127 e. The summed E-state index contributed by atoms with van der Waals surface area (Å²) in [5, 5.41) is 6.51. The van der Waals surface area contributed by atoms with Crippen LogP contribution < -0.4 is 14.2 Å². The van der Waals surface area contributed by atoms with E-state index >= 15 is 0 Å². The second-order valence-electron chi connectivity index (χ2n) is 20.4. The van der Waals surface area contributed by atoms with Gasteiger partial charge < -0.3 is 18.9 Å². The monoisotopic (exact) mass is 1000 g/mol. The lowest BCUT2D eigenvalue weighted by atomic mass is 9.65. The van der Waals surface area contributed by atoms with Crippen LogP contribution in [0.5, 0.6) is 17.2 Å². The highest BCUT2D eigenvalue weighted by molar-refractivity contribution is 5.97. The smallest absolute Gasteiger partial charge is 0.127 e. The SMILES string of the molecule is C=C\C(=C/C(C)=C/C=C(\C=C)C1(c2ccc3cc(OC(=C)C)ccc3c2)c2ccccc2-c2cc3c(cc21)-c1ccccc1C3(c1ccc2cc(OC(=C)C)ccc2c1)c1ccc2cc(OC(=C)C)ccc2c1)OC(=C)C. The molecule has 4 heteroatoms. The van der Waals surface area contributed by atoms with Crippen molar-refractivity contribution in [3.63, 3.8) is 0 Å². The van der Waals surface area contributed by atoms with Gasteiger partial charge in [-0.2, -0.15) is 0 Å². The van der Waals surface area contributed by atoms with Crippen LogP contribution in [0.4, 0.5) is 0 Å². The number of ether oxygens (including phenoxy) is 4. The lowest BCUT2D eigenvalue weighted by molar-refractivity contribution is 0.324. The Hall–Kier alpha value is -9.38. The van der Waals surface area contributed by atoms with E-state index < -0.39 is 10.8 Å². The van der Waals surface area contributed by atoms with Gasteiger partial charge in [0.05, 0.1) is 33.9 Å². The van der Waals surface area contributed by atoms with E-state index in [9.17, 15) is 0 Å². The molecule has 0 aromatic heterocycles. The van der Waals surface area contributed by atoms with Gasteiger partial charge in [0.1, 0.15) is 23.0 Å². The number of allylic oxidation sites excluding steroid dienone is 11. The molecule has 0 saturated carbocycles. The van der Waals surface area contributed by atoms with Crippen molar-refractivity contribution >= 4 is 32.3 Å². The van der Waals surface area contributed by atoms with Crippen LogP contribution >= 0.6 is 0 Å². The zero-order chi connectivity index (χ0) is 53.8. The summed E-state index contributed by atoms with van der Waals surface area (Å²) in [6.45, 7) is 34.1. The van der Waals surface area contributed by atoms with Gasteiger partial charge in [-0.1, -0.05) is 161 Å². The zero-order valence-corrected chi connectivity index (χ0v) is 44.4. The van der Waals surface area contributed by atoms with E-state index in [1.807, 2.05) is 58.0 Å². The normalized spacial score (nSPS) is 15.3. The first kappa shape index (κ1) is 49.8. The predicted molar refractivity (Wildman–Crippen MR) is 321 cm³/mol. The highest BCUT2D eigenvalue weighted by Gasteiger charge is 2.51. The van der Waals surface area contributed by atoms with Gasteiger partial charge in [0.2, 0.25) is 0 Å². The Balaban J connectivity index is 1.22. The molecular weight excluding hydrogens is 941 g/mol. The molecule has 77 heavy (non-hydrogen) atoms. The van der Waals surface area contributed by atoms with E-state index in [4.69, 9.17) is 18.9 Å². The Morgan fingerprint density at radius 1 is 0.390 bits per heavy atom. The average molecular weight is 1000 g/mol. The third-order valence-electron chi connectivity index (χ3n) is 14.9. The Morgan fingerprint density at radius 3 is 1.31 bits per heavy atom. The number of rotatable bonds is 16. The molecule has 0 spiro atoms. The molecule has 0 fully saturated rings. The van der Waals surface area contributed by atoms with Gasteiger partial charge >= 0.3 is 0 Å². The third kappa shape index (κ3) is 8.62. The van der Waals surface area contributed by atoms with Crippen molar-refractivity contribution in [1.29, 1.82) is 0 Å². The zero-order valence-electron chi connectivity index (χ0n) is 44.4. The lowest BCUT2D eigenvalue weighted by Crippen LogP contribution is -2.30. The van der Waals surface area contributed by atoms with E-state index in [2.05, 4.69) is 210 Å². The number of hydrogen-bond donors (Lipinski definition) is 0. The Labute approximate surface area is 452 Å². The van der Waals surface area contributed by atoms with Gasteiger partial charge in [0, 0.05) is 0 Å². The maximum atomic E-state index is 6.00. The summed E-state index contributed by atoms with van der Waals surface area (Å²) in [6.07, 6.45) is 10.1. The molecule has 0 amide bonds. The topological polar surface area (TPSA) is 36.9 Å². The fourth-order valence-electron chi connectivity index (χ4n) is 12.0. The molecule has 11 rings (SSSR count). The van der Waals surface area contributed by atoms with Crippen LogP contribution in [-0.4, -0.2) is 0 Å². The van der Waals surface area contributed by atoms with Crippen molar-refractivity contribution in [3.05, 3.63) is 319 Å². The largest absolute Gasteiger partial charge is 0.463 e. The summed E-state index contributed by atoms with van der Waals surface area (Å²) < 4.78 is 23.9. The van der Waals surface area contributed by atoms with Crippen LogP contribution in [-0.2, 0) is 15.6 Å². The van der Waals surface area contributed by atoms with Gasteiger partial charge in [0.15, 0.2) is 0 Å². The van der Waals surface area contributed by atoms with Crippen LogP contribution in [0, 0.1) is 0 Å². The van der Waals surface area contributed by atoms with Crippen LogP contribution in [0.1, 0.15) is 73.6 Å². The average Bonchev–Trinajstić information content (AvgIpc) is 4.06. The predicted octanol–water partition coefficient (Wildman–Crippen LogP) is 19.2. The number of fused-ring (bicyclic) bond motifs is 9. The van der Waals surface area contributed by atoms with Crippen molar-refractivity contribution in [2.24, 2.45) is 0 Å². The summed E-state index contributed by atoms with van der Waals surface area (Å²) >= 11 is 0. The first-order chi connectivity index (χ1) is 37.2. The van der Waals surface area contributed by atoms with E-state index in [1.54, 1.807) is 6.08 Å². The molecular formula is C73H60O4. The molecule has 0 radical (unpaired) electrons. The van der Waals surface area contributed by atoms with Crippen molar-refractivity contribution in [2.75, 3.05) is 0 Å². The van der Waals surface area contributed by atoms with Crippen molar-refractivity contribution < 1.29 is 18.9 Å². The van der Waals surface area contributed by atoms with Gasteiger partial charge in [0.25, 0.3) is 0 Å². The second-order valence-corrected chi connectivity index (χ2v) is 20.4. The quantitative estimate of drug-likeness (QED) is 0.0714. The molecule has 0 heterocycles. The highest BCUT2D eigenvalue weighted by atomic mass is 16.5. The van der Waals surface area contributed by atoms with E-state index in [0.29, 0.717) is 28.8 Å². The van der Waals surface area contributed by atoms with E-state index in [-0.39, 0.29) is 0 Å². The van der Waals surface area contributed by atoms with Crippen LogP contribution in [0.3, 0.4) is 0 Å². The van der Waals surface area contributed by atoms with Gasteiger partial charge in [-0.15, -0.1) is 0 Å². The summed E-state index contributed by atoms with van der Waals surface area (Å²) in [5.74, 6) is 5.38. The summed E-state index contributed by atoms with van der Waals surface area (Å²) in [6, 6.07) is 62.3. The Bertz CT molecular complexity index is 4020. The minimum absolute atomic E-state index is 0.587. The summed E-state index contributed by atoms with van der Waals surface area (Å²) in [5.41, 5.74) is 13.2. The molecule has 376 valence electrons. The Morgan fingerprint density at radius 2 is 0.818 bits per heavy atom. The van der Waals surface area contributed by atoms with E-state index in [1.165, 1.54) is 33.4 Å². The van der Waals surface area contributed by atoms with Crippen LogP contribution in [0.2, 0.25) is 0 Å². The molecule has 0 aliphatic heterocycles. The lowest BCUT2D eigenvalue weighted by Gasteiger charge is -2.36. The fraction of sp³-hybridized carbons (Fsp3) is 0.0959.